The molecule has 0 spiro atoms. The zero-order chi connectivity index (χ0) is 19.9. The molecule has 3 rings (SSSR count). The van der Waals surface area contributed by atoms with E-state index in [-0.39, 0.29) is 5.91 Å². The summed E-state index contributed by atoms with van der Waals surface area (Å²) in [4.78, 5) is 12.9. The van der Waals surface area contributed by atoms with Crippen molar-refractivity contribution in [3.8, 4) is 17.6 Å². The van der Waals surface area contributed by atoms with Crippen LogP contribution >= 0.6 is 11.6 Å². The predicted octanol–water partition coefficient (Wildman–Crippen LogP) is 4.98. The summed E-state index contributed by atoms with van der Waals surface area (Å²) in [6, 6.07) is 22.8. The molecule has 0 radical (unpaired) electrons. The van der Waals surface area contributed by atoms with Crippen LogP contribution in [0.4, 0.5) is 5.69 Å². The van der Waals surface area contributed by atoms with E-state index in [1.54, 1.807) is 42.5 Å². The molecule has 140 valence electrons. The number of halogens is 1. The molecular formula is C22H17ClN2O3. The van der Waals surface area contributed by atoms with Gasteiger partial charge in [0.15, 0.2) is 0 Å². The monoisotopic (exact) mass is 392 g/mol. The summed E-state index contributed by atoms with van der Waals surface area (Å²) < 4.78 is 11.1. The number of benzene rings is 3. The van der Waals surface area contributed by atoms with Gasteiger partial charge in [-0.1, -0.05) is 41.9 Å². The molecule has 3 aromatic rings. The van der Waals surface area contributed by atoms with Crippen molar-refractivity contribution in [1.29, 1.82) is 5.26 Å². The number of rotatable bonds is 6. The summed E-state index contributed by atoms with van der Waals surface area (Å²) in [5, 5.41) is 12.1. The average Bonchev–Trinajstić information content (AvgIpc) is 2.73. The summed E-state index contributed by atoms with van der Waals surface area (Å²) in [6.07, 6.45) is -0.880. The number of amides is 1. The third-order valence-corrected chi connectivity index (χ3v) is 4.29. The van der Waals surface area contributed by atoms with E-state index in [4.69, 9.17) is 26.3 Å². The smallest absolute Gasteiger partial charge is 0.270 e. The van der Waals surface area contributed by atoms with Crippen molar-refractivity contribution in [2.24, 2.45) is 0 Å². The zero-order valence-electron chi connectivity index (χ0n) is 15.1. The normalized spacial score (nSPS) is 11.2. The molecule has 5 nitrogen and oxygen atoms in total. The molecule has 0 saturated heterocycles. The Morgan fingerprint density at radius 3 is 2.39 bits per heavy atom. The molecule has 1 atom stereocenters. The molecule has 1 N–H and O–H groups in total. The van der Waals surface area contributed by atoms with Gasteiger partial charge in [0.2, 0.25) is 6.10 Å². The lowest BCUT2D eigenvalue weighted by atomic mass is 10.1. The number of nitriles is 1. The maximum absolute atomic E-state index is 12.9. The number of nitrogens with one attached hydrogen (secondary N) is 1. The van der Waals surface area contributed by atoms with Crippen LogP contribution in [0.25, 0.3) is 0 Å². The van der Waals surface area contributed by atoms with Crippen molar-refractivity contribution in [2.45, 2.75) is 6.10 Å². The van der Waals surface area contributed by atoms with Crippen LogP contribution in [0, 0.1) is 11.3 Å². The highest BCUT2D eigenvalue weighted by Crippen LogP contribution is 2.29. The third kappa shape index (κ3) is 4.61. The lowest BCUT2D eigenvalue weighted by molar-refractivity contribution is -0.123. The van der Waals surface area contributed by atoms with Gasteiger partial charge in [-0.2, -0.15) is 5.26 Å². The second-order valence-electron chi connectivity index (χ2n) is 5.88. The van der Waals surface area contributed by atoms with Gasteiger partial charge >= 0.3 is 0 Å². The fraction of sp³-hybridized carbons (Fsp3) is 0.0909. The minimum atomic E-state index is -0.880. The Morgan fingerprint density at radius 1 is 1.07 bits per heavy atom. The zero-order valence-corrected chi connectivity index (χ0v) is 15.8. The van der Waals surface area contributed by atoms with Gasteiger partial charge in [0.05, 0.1) is 23.8 Å². The highest BCUT2D eigenvalue weighted by atomic mass is 35.5. The minimum absolute atomic E-state index is 0.350. The summed E-state index contributed by atoms with van der Waals surface area (Å²) in [5.74, 6) is 0.653. The van der Waals surface area contributed by atoms with Crippen molar-refractivity contribution >= 4 is 23.2 Å². The summed E-state index contributed by atoms with van der Waals surface area (Å²) >= 11 is 6.13. The van der Waals surface area contributed by atoms with Gasteiger partial charge < -0.3 is 14.8 Å². The maximum Gasteiger partial charge on any atom is 0.270 e. The van der Waals surface area contributed by atoms with Crippen molar-refractivity contribution in [1.82, 2.24) is 0 Å². The van der Waals surface area contributed by atoms with Gasteiger partial charge in [0.25, 0.3) is 5.91 Å². The molecule has 0 fully saturated rings. The standard InChI is InChI=1S/C22H17ClN2O3/c1-27-20-12-9-17(13-19(20)23)25-22(26)21(16-5-3-2-4-6-16)28-18-10-7-15(14-24)8-11-18/h2-13,21H,1H3,(H,25,26)/t21-/m0/s1. The number of hydrogen-bond donors (Lipinski definition) is 1. The molecule has 0 bridgehead atoms. The van der Waals surface area contributed by atoms with E-state index in [0.29, 0.717) is 33.3 Å². The molecule has 0 aliphatic heterocycles. The Bertz CT molecular complexity index is 999. The Morgan fingerprint density at radius 2 is 1.79 bits per heavy atom. The number of methoxy groups -OCH3 is 1. The van der Waals surface area contributed by atoms with E-state index in [0.717, 1.165) is 0 Å². The second kappa shape index (κ2) is 8.94. The third-order valence-electron chi connectivity index (χ3n) is 4.00. The Hall–Kier alpha value is -3.49. The van der Waals surface area contributed by atoms with Gasteiger partial charge in [0, 0.05) is 11.3 Å². The van der Waals surface area contributed by atoms with Crippen molar-refractivity contribution in [3.05, 3.63) is 88.9 Å². The molecule has 0 aliphatic rings. The average molecular weight is 393 g/mol. The fourth-order valence-electron chi connectivity index (χ4n) is 2.60. The summed E-state index contributed by atoms with van der Waals surface area (Å²) in [7, 11) is 1.52. The molecule has 0 unspecified atom stereocenters. The topological polar surface area (TPSA) is 71.3 Å². The summed E-state index contributed by atoms with van der Waals surface area (Å²) in [5.41, 5.74) is 1.74. The number of carbonyl (C=O) groups excluding carboxylic acids is 1. The van der Waals surface area contributed by atoms with Crippen molar-refractivity contribution in [3.63, 3.8) is 0 Å². The van der Waals surface area contributed by atoms with Crippen LogP contribution in [-0.4, -0.2) is 13.0 Å². The molecule has 6 heteroatoms. The SMILES string of the molecule is COc1ccc(NC(=O)[C@@H](Oc2ccc(C#N)cc2)c2ccccc2)cc1Cl. The van der Waals surface area contributed by atoms with Gasteiger partial charge in [-0.15, -0.1) is 0 Å². The number of ether oxygens (including phenoxy) is 2. The molecular weight excluding hydrogens is 376 g/mol. The highest BCUT2D eigenvalue weighted by Gasteiger charge is 2.23. The minimum Gasteiger partial charge on any atom is -0.495 e. The van der Waals surface area contributed by atoms with Gasteiger partial charge in [-0.25, -0.2) is 0 Å². The first-order valence-corrected chi connectivity index (χ1v) is 8.84. The Kier molecular flexibility index (Phi) is 6.15. The van der Waals surface area contributed by atoms with E-state index in [2.05, 4.69) is 11.4 Å². The summed E-state index contributed by atoms with van der Waals surface area (Å²) in [6.45, 7) is 0. The van der Waals surface area contributed by atoms with Gasteiger partial charge in [0.1, 0.15) is 11.5 Å². The number of anilines is 1. The molecule has 0 aromatic heterocycles. The predicted molar refractivity (Wildman–Crippen MR) is 108 cm³/mol. The van der Waals surface area contributed by atoms with Gasteiger partial charge in [-0.05, 0) is 42.5 Å². The van der Waals surface area contributed by atoms with Crippen LogP contribution in [0.15, 0.2) is 72.8 Å². The van der Waals surface area contributed by atoms with E-state index in [9.17, 15) is 4.79 Å². The molecule has 0 heterocycles. The molecule has 0 aliphatic carbocycles. The second-order valence-corrected chi connectivity index (χ2v) is 6.29. The Labute approximate surface area is 168 Å². The van der Waals surface area contributed by atoms with Crippen LogP contribution in [0.1, 0.15) is 17.2 Å². The quantitative estimate of drug-likeness (QED) is 0.642. The van der Waals surface area contributed by atoms with Crippen molar-refractivity contribution < 1.29 is 14.3 Å². The van der Waals surface area contributed by atoms with Gasteiger partial charge in [-0.3, -0.25) is 4.79 Å². The number of hydrogen-bond acceptors (Lipinski definition) is 4. The molecule has 0 saturated carbocycles. The first-order chi connectivity index (χ1) is 13.6. The largest absolute Gasteiger partial charge is 0.495 e. The van der Waals surface area contributed by atoms with E-state index in [1.165, 1.54) is 7.11 Å². The molecule has 28 heavy (non-hydrogen) atoms. The first-order valence-electron chi connectivity index (χ1n) is 8.47. The lowest BCUT2D eigenvalue weighted by Crippen LogP contribution is -2.25. The van der Waals surface area contributed by atoms with Crippen LogP contribution in [0.3, 0.4) is 0 Å². The lowest BCUT2D eigenvalue weighted by Gasteiger charge is -2.19. The highest BCUT2D eigenvalue weighted by molar-refractivity contribution is 6.32. The van der Waals surface area contributed by atoms with Crippen LogP contribution in [0.2, 0.25) is 5.02 Å². The van der Waals surface area contributed by atoms with Crippen LogP contribution in [0.5, 0.6) is 11.5 Å². The number of carbonyl (C=O) groups is 1. The van der Waals surface area contributed by atoms with E-state index < -0.39 is 6.10 Å². The maximum atomic E-state index is 12.9. The van der Waals surface area contributed by atoms with E-state index in [1.807, 2.05) is 30.3 Å². The fourth-order valence-corrected chi connectivity index (χ4v) is 2.85. The number of nitrogens with zero attached hydrogens (tertiary/aromatic N) is 1. The van der Waals surface area contributed by atoms with Crippen LogP contribution in [-0.2, 0) is 4.79 Å². The molecule has 3 aromatic carbocycles. The van der Waals surface area contributed by atoms with E-state index >= 15 is 0 Å². The Balaban J connectivity index is 1.84. The van der Waals surface area contributed by atoms with Crippen LogP contribution < -0.4 is 14.8 Å². The molecule has 1 amide bonds. The van der Waals surface area contributed by atoms with Crippen molar-refractivity contribution in [2.75, 3.05) is 12.4 Å². The first kappa shape index (κ1) is 19.3.